The van der Waals surface area contributed by atoms with E-state index in [9.17, 15) is 26.7 Å². The summed E-state index contributed by atoms with van der Waals surface area (Å²) < 4.78 is 73.3. The van der Waals surface area contributed by atoms with Gasteiger partial charge in [-0.05, 0) is 55.8 Å². The van der Waals surface area contributed by atoms with Crippen LogP contribution in [0.15, 0.2) is 42.6 Å². The Morgan fingerprint density at radius 3 is 2.31 bits per heavy atom. The third kappa shape index (κ3) is 3.50. The number of aryl methyl sites for hydroxylation is 3. The van der Waals surface area contributed by atoms with Gasteiger partial charge in [0.25, 0.3) is 0 Å². The molecule has 184 valence electrons. The maximum atomic E-state index is 14.2. The average molecular weight is 499 g/mol. The zero-order valence-corrected chi connectivity index (χ0v) is 19.2. The number of carbonyl (C=O) groups excluding carboxylic acids is 1. The number of imidazole rings is 2. The molecule has 2 aromatic carbocycles. The average Bonchev–Trinajstić information content (AvgIpc) is 3.29. The van der Waals surface area contributed by atoms with Crippen LogP contribution in [0.2, 0.25) is 0 Å². The fourth-order valence-electron chi connectivity index (χ4n) is 4.33. The first-order chi connectivity index (χ1) is 16.9. The molecule has 5 rings (SSSR count). The monoisotopic (exact) mass is 499 g/mol. The summed E-state index contributed by atoms with van der Waals surface area (Å²) in [7, 11) is 1.63. The molecule has 0 saturated carbocycles. The standard InChI is InChI=1S/C25H18F5N5O/c1-11-22(23(36)13-7-17(26)21(31)18(27)8-13)35-6-4-5-14(24(35)32-11)15-9-19-20(34(3)12(2)33-19)10-16(15)25(28,29)30/h4-10H,31H2,1-3H3. The number of aromatic nitrogens is 4. The number of carbonyl (C=O) groups is 1. The Balaban J connectivity index is 1.76. The Morgan fingerprint density at radius 2 is 1.67 bits per heavy atom. The van der Waals surface area contributed by atoms with Crippen LogP contribution in [0, 0.1) is 25.5 Å². The molecule has 2 N–H and O–H groups in total. The number of nitrogens with two attached hydrogens (primary N) is 1. The highest BCUT2D eigenvalue weighted by atomic mass is 19.4. The van der Waals surface area contributed by atoms with Crippen molar-refractivity contribution in [2.45, 2.75) is 20.0 Å². The van der Waals surface area contributed by atoms with Gasteiger partial charge in [-0.2, -0.15) is 13.2 Å². The van der Waals surface area contributed by atoms with Crippen LogP contribution in [0.3, 0.4) is 0 Å². The van der Waals surface area contributed by atoms with Gasteiger partial charge in [-0.1, -0.05) is 0 Å². The minimum Gasteiger partial charge on any atom is -0.394 e. The molecule has 0 spiro atoms. The van der Waals surface area contributed by atoms with E-state index in [0.29, 0.717) is 16.9 Å². The van der Waals surface area contributed by atoms with Gasteiger partial charge in [0, 0.05) is 24.4 Å². The van der Waals surface area contributed by atoms with E-state index in [-0.39, 0.29) is 33.7 Å². The van der Waals surface area contributed by atoms with Gasteiger partial charge in [-0.25, -0.2) is 18.7 Å². The van der Waals surface area contributed by atoms with E-state index in [1.165, 1.54) is 35.7 Å². The van der Waals surface area contributed by atoms with Crippen LogP contribution in [0.1, 0.15) is 33.1 Å². The predicted molar refractivity (Wildman–Crippen MR) is 124 cm³/mol. The zero-order chi connectivity index (χ0) is 26.1. The van der Waals surface area contributed by atoms with Gasteiger partial charge in [0.2, 0.25) is 5.78 Å². The first-order valence-electron chi connectivity index (χ1n) is 10.7. The van der Waals surface area contributed by atoms with E-state index in [1.807, 2.05) is 0 Å². The van der Waals surface area contributed by atoms with Crippen LogP contribution in [0.5, 0.6) is 0 Å². The van der Waals surface area contributed by atoms with Crippen LogP contribution in [0.4, 0.5) is 27.6 Å². The van der Waals surface area contributed by atoms with E-state index in [0.717, 1.165) is 18.2 Å². The highest BCUT2D eigenvalue weighted by Gasteiger charge is 2.35. The summed E-state index contributed by atoms with van der Waals surface area (Å²) >= 11 is 0. The molecule has 3 aromatic heterocycles. The summed E-state index contributed by atoms with van der Waals surface area (Å²) in [4.78, 5) is 21.9. The Hall–Kier alpha value is -4.28. The van der Waals surface area contributed by atoms with Crippen LogP contribution in [-0.2, 0) is 13.2 Å². The molecule has 3 heterocycles. The zero-order valence-electron chi connectivity index (χ0n) is 19.2. The Kier molecular flexibility index (Phi) is 5.13. The summed E-state index contributed by atoms with van der Waals surface area (Å²) in [5, 5.41) is 0. The molecule has 0 amide bonds. The lowest BCUT2D eigenvalue weighted by Gasteiger charge is -2.14. The first-order valence-corrected chi connectivity index (χ1v) is 10.7. The fraction of sp³-hybridized carbons (Fsp3) is 0.160. The number of hydrogen-bond donors (Lipinski definition) is 1. The number of alkyl halides is 3. The van der Waals surface area contributed by atoms with E-state index >= 15 is 0 Å². The molecule has 36 heavy (non-hydrogen) atoms. The van der Waals surface area contributed by atoms with E-state index in [4.69, 9.17) is 5.73 Å². The number of anilines is 1. The van der Waals surface area contributed by atoms with Crippen molar-refractivity contribution >= 4 is 28.2 Å². The molecule has 0 fully saturated rings. The topological polar surface area (TPSA) is 78.2 Å². The van der Waals surface area contributed by atoms with Gasteiger partial charge in [0.05, 0.1) is 22.3 Å². The largest absolute Gasteiger partial charge is 0.417 e. The van der Waals surface area contributed by atoms with Gasteiger partial charge in [-0.3, -0.25) is 9.20 Å². The molecule has 0 saturated heterocycles. The van der Waals surface area contributed by atoms with Crippen molar-refractivity contribution in [2.75, 3.05) is 5.73 Å². The Morgan fingerprint density at radius 1 is 1.00 bits per heavy atom. The molecule has 0 radical (unpaired) electrons. The van der Waals surface area contributed by atoms with Crippen molar-refractivity contribution in [3.63, 3.8) is 0 Å². The van der Waals surface area contributed by atoms with Crippen molar-refractivity contribution in [3.8, 4) is 11.1 Å². The third-order valence-corrected chi connectivity index (χ3v) is 6.22. The molecule has 0 bridgehead atoms. The summed E-state index contributed by atoms with van der Waals surface area (Å²) in [6.45, 7) is 3.18. The molecular weight excluding hydrogens is 481 g/mol. The molecule has 0 aliphatic carbocycles. The number of fused-ring (bicyclic) bond motifs is 2. The van der Waals surface area contributed by atoms with Crippen molar-refractivity contribution in [1.29, 1.82) is 0 Å². The first kappa shape index (κ1) is 23.5. The lowest BCUT2D eigenvalue weighted by atomic mass is 9.99. The minimum absolute atomic E-state index is 0.0428. The van der Waals surface area contributed by atoms with Crippen LogP contribution in [-0.4, -0.2) is 24.7 Å². The second-order valence-electron chi connectivity index (χ2n) is 8.45. The maximum Gasteiger partial charge on any atom is 0.417 e. The number of hydrogen-bond acceptors (Lipinski definition) is 4. The number of nitrogens with zero attached hydrogens (tertiary/aromatic N) is 4. The minimum atomic E-state index is -4.69. The smallest absolute Gasteiger partial charge is 0.394 e. The number of ketones is 1. The molecule has 5 aromatic rings. The molecule has 0 unspecified atom stereocenters. The van der Waals surface area contributed by atoms with Gasteiger partial charge in [-0.15, -0.1) is 0 Å². The van der Waals surface area contributed by atoms with Gasteiger partial charge < -0.3 is 10.3 Å². The third-order valence-electron chi connectivity index (χ3n) is 6.22. The van der Waals surface area contributed by atoms with Crippen molar-refractivity contribution in [2.24, 2.45) is 7.05 Å². The fourth-order valence-corrected chi connectivity index (χ4v) is 4.33. The van der Waals surface area contributed by atoms with Gasteiger partial charge in [0.1, 0.15) is 34.5 Å². The molecule has 0 aliphatic heterocycles. The summed E-state index contributed by atoms with van der Waals surface area (Å²) in [5.41, 5.74) is 4.23. The Labute approximate surface area is 200 Å². The number of nitrogen functional groups attached to an aromatic ring is 1. The quantitative estimate of drug-likeness (QED) is 0.199. The highest BCUT2D eigenvalue weighted by Crippen LogP contribution is 2.41. The van der Waals surface area contributed by atoms with E-state index in [1.54, 1.807) is 18.5 Å². The second-order valence-corrected chi connectivity index (χ2v) is 8.45. The second kappa shape index (κ2) is 7.87. The number of rotatable bonds is 3. The van der Waals surface area contributed by atoms with Crippen molar-refractivity contribution in [3.05, 3.63) is 82.6 Å². The van der Waals surface area contributed by atoms with Gasteiger partial charge in [0.15, 0.2) is 0 Å². The lowest BCUT2D eigenvalue weighted by molar-refractivity contribution is -0.137. The number of pyridine rings is 1. The molecule has 0 atom stereocenters. The van der Waals surface area contributed by atoms with Crippen LogP contribution < -0.4 is 5.73 Å². The Bertz CT molecular complexity index is 1690. The highest BCUT2D eigenvalue weighted by molar-refractivity contribution is 6.09. The number of benzene rings is 2. The van der Waals surface area contributed by atoms with Crippen molar-refractivity contribution in [1.82, 2.24) is 18.9 Å². The molecule has 6 nitrogen and oxygen atoms in total. The molecule has 0 aliphatic rings. The number of halogens is 5. The lowest BCUT2D eigenvalue weighted by Crippen LogP contribution is -2.10. The van der Waals surface area contributed by atoms with E-state index in [2.05, 4.69) is 9.97 Å². The van der Waals surface area contributed by atoms with E-state index < -0.39 is 34.8 Å². The maximum absolute atomic E-state index is 14.2. The summed E-state index contributed by atoms with van der Waals surface area (Å²) in [5.74, 6) is -2.42. The summed E-state index contributed by atoms with van der Waals surface area (Å²) in [6, 6.07) is 6.93. The SMILES string of the molecule is Cc1nc2c(-c3cc4nc(C)n(C)c4cc3C(F)(F)F)cccn2c1C(=O)c1cc(F)c(N)c(F)c1. The molecular formula is C25H18F5N5O. The molecule has 11 heteroatoms. The predicted octanol–water partition coefficient (Wildman–Crippen LogP) is 5.62. The summed E-state index contributed by atoms with van der Waals surface area (Å²) in [6.07, 6.45) is -3.24. The normalized spacial score (nSPS) is 12.1. The van der Waals surface area contributed by atoms with Crippen molar-refractivity contribution < 1.29 is 26.7 Å². The van der Waals surface area contributed by atoms with Crippen LogP contribution >= 0.6 is 0 Å². The van der Waals surface area contributed by atoms with Crippen LogP contribution in [0.25, 0.3) is 27.8 Å². The van der Waals surface area contributed by atoms with Gasteiger partial charge >= 0.3 is 6.18 Å².